The van der Waals surface area contributed by atoms with Crippen LogP contribution in [0, 0.1) is 5.41 Å². The Hall–Kier alpha value is -3.49. The third-order valence-corrected chi connectivity index (χ3v) is 5.60. The number of esters is 1. The van der Waals surface area contributed by atoms with E-state index in [4.69, 9.17) is 10.1 Å². The van der Waals surface area contributed by atoms with Gasteiger partial charge in [0, 0.05) is 24.7 Å². The number of rotatable bonds is 8. The van der Waals surface area contributed by atoms with E-state index in [1.54, 1.807) is 23.9 Å². The van der Waals surface area contributed by atoms with Crippen molar-refractivity contribution in [3.05, 3.63) is 65.9 Å². The number of amidine groups is 1. The molecular weight excluding hydrogens is 406 g/mol. The van der Waals surface area contributed by atoms with Crippen LogP contribution in [0.3, 0.4) is 0 Å². The fraction of sp³-hybridized carbons (Fsp3) is 0.292. The Kier molecular flexibility index (Phi) is 7.07. The summed E-state index contributed by atoms with van der Waals surface area (Å²) in [6.07, 6.45) is 2.46. The number of ether oxygens (including phenoxy) is 1. The molecule has 8 heteroatoms. The van der Waals surface area contributed by atoms with E-state index in [-0.39, 0.29) is 11.8 Å². The smallest absolute Gasteiger partial charge is 0.347 e. The van der Waals surface area contributed by atoms with Gasteiger partial charge in [0.15, 0.2) is 5.56 Å². The van der Waals surface area contributed by atoms with Crippen LogP contribution in [0.5, 0.6) is 0 Å². The maximum Gasteiger partial charge on any atom is 0.347 e. The van der Waals surface area contributed by atoms with Crippen LogP contribution in [0.15, 0.2) is 54.7 Å². The normalized spacial score (nSPS) is 12.8. The second-order valence-corrected chi connectivity index (χ2v) is 7.72. The van der Waals surface area contributed by atoms with Crippen molar-refractivity contribution in [3.63, 3.8) is 0 Å². The lowest BCUT2D eigenvalue weighted by Crippen LogP contribution is -2.43. The number of hydrogen-bond acceptors (Lipinski definition) is 5. The number of hydrogen-bond donors (Lipinski definition) is 3. The molecule has 0 fully saturated rings. The fourth-order valence-electron chi connectivity index (χ4n) is 4.16. The van der Waals surface area contributed by atoms with Crippen LogP contribution in [0.1, 0.15) is 36.2 Å². The molecule has 0 radical (unpaired) electrons. The number of quaternary nitrogens is 1. The fourth-order valence-corrected chi connectivity index (χ4v) is 4.16. The molecule has 2 aromatic carbocycles. The Balaban J connectivity index is 2.08. The number of aryl methyl sites for hydroxylation is 1. The second kappa shape index (κ2) is 9.76. The summed E-state index contributed by atoms with van der Waals surface area (Å²) < 4.78 is 7.39. The highest BCUT2D eigenvalue weighted by Gasteiger charge is 2.36. The molecule has 0 aliphatic carbocycles. The van der Waals surface area contributed by atoms with E-state index >= 15 is 0 Å². The zero-order chi connectivity index (χ0) is 23.3. The van der Waals surface area contributed by atoms with Gasteiger partial charge in [-0.1, -0.05) is 31.2 Å². The molecule has 3 rings (SSSR count). The second-order valence-electron chi connectivity index (χ2n) is 7.72. The summed E-state index contributed by atoms with van der Waals surface area (Å²) in [7, 11) is 3.90. The highest BCUT2D eigenvalue weighted by Crippen LogP contribution is 2.37. The van der Waals surface area contributed by atoms with Crippen molar-refractivity contribution in [3.8, 4) is 11.1 Å². The molecule has 1 aromatic heterocycles. The van der Waals surface area contributed by atoms with Crippen molar-refractivity contribution in [2.24, 2.45) is 7.05 Å². The molecule has 8 nitrogen and oxygen atoms in total. The molecule has 3 N–H and O–H groups in total. The van der Waals surface area contributed by atoms with Gasteiger partial charge in [-0.15, -0.1) is 0 Å². The van der Waals surface area contributed by atoms with Crippen molar-refractivity contribution in [2.45, 2.75) is 20.3 Å². The number of nitrogens with one attached hydrogen (secondary N) is 2. The molecule has 1 unspecified atom stereocenters. The largest absolute Gasteiger partial charge is 0.462 e. The third-order valence-electron chi connectivity index (χ3n) is 5.60. The summed E-state index contributed by atoms with van der Waals surface area (Å²) in [5.41, 5.74) is 5.74. The van der Waals surface area contributed by atoms with Gasteiger partial charge in [0.2, 0.25) is 5.82 Å². The van der Waals surface area contributed by atoms with Crippen LogP contribution in [0.25, 0.3) is 11.1 Å². The third kappa shape index (κ3) is 4.28. The van der Waals surface area contributed by atoms with Gasteiger partial charge in [-0.2, -0.15) is 5.10 Å². The molecule has 168 valence electrons. The van der Waals surface area contributed by atoms with Gasteiger partial charge < -0.3 is 4.74 Å². The Morgan fingerprint density at radius 3 is 2.47 bits per heavy atom. The van der Waals surface area contributed by atoms with Gasteiger partial charge in [-0.05, 0) is 36.6 Å². The van der Waals surface area contributed by atoms with Crippen LogP contribution < -0.4 is 9.96 Å². The van der Waals surface area contributed by atoms with Crippen LogP contribution >= 0.6 is 0 Å². The number of carbonyl (C=O) groups is 1. The minimum Gasteiger partial charge on any atom is -0.462 e. The highest BCUT2D eigenvalue weighted by atomic mass is 16.5. The SMILES string of the molecule is CCC[N+](C)(c1ccc(-c2ccccc2C(=N)NO)cc1)c1c(C(=O)OCC)cnn1C. The number of nitrogens with zero attached hydrogens (tertiary/aromatic N) is 3. The van der Waals surface area contributed by atoms with Crippen LogP contribution in [0.4, 0.5) is 11.5 Å². The summed E-state index contributed by atoms with van der Waals surface area (Å²) in [4.78, 5) is 12.6. The topological polar surface area (TPSA) is 100 Å². The zero-order valence-electron chi connectivity index (χ0n) is 18.9. The highest BCUT2D eigenvalue weighted by molar-refractivity contribution is 6.02. The lowest BCUT2D eigenvalue weighted by Gasteiger charge is -2.33. The Morgan fingerprint density at radius 2 is 1.84 bits per heavy atom. The molecule has 32 heavy (non-hydrogen) atoms. The van der Waals surface area contributed by atoms with Gasteiger partial charge >= 0.3 is 5.97 Å². The standard InChI is InChI=1S/C24H30N5O3/c1-5-15-29(4,23-21(16-26-28(23)3)24(30)32-6-2)18-13-11-17(12-14-18)19-9-7-8-10-20(19)22(25)27-31/h7-14,16,31H,5-6,15H2,1-4H3,(H2,25,27)/q+1. The Bertz CT molecular complexity index is 1110. The van der Waals surface area contributed by atoms with Gasteiger partial charge in [0.05, 0.1) is 26.4 Å². The first-order valence-electron chi connectivity index (χ1n) is 10.6. The molecular formula is C24H30N5O3+. The first kappa shape index (κ1) is 23.2. The maximum atomic E-state index is 12.6. The quantitative estimate of drug-likeness (QED) is 0.161. The Morgan fingerprint density at radius 1 is 1.16 bits per heavy atom. The van der Waals surface area contributed by atoms with E-state index in [0.717, 1.165) is 35.6 Å². The molecule has 0 bridgehead atoms. The van der Waals surface area contributed by atoms with E-state index in [1.807, 2.05) is 55.0 Å². The van der Waals surface area contributed by atoms with Gasteiger partial charge in [0.1, 0.15) is 11.5 Å². The minimum absolute atomic E-state index is 0.0646. The minimum atomic E-state index is -0.378. The van der Waals surface area contributed by atoms with Crippen LogP contribution in [0.2, 0.25) is 0 Å². The lowest BCUT2D eigenvalue weighted by atomic mass is 9.98. The maximum absolute atomic E-state index is 12.6. The first-order chi connectivity index (χ1) is 15.4. The average molecular weight is 437 g/mol. The van der Waals surface area contributed by atoms with Gasteiger partial charge in [0.25, 0.3) is 0 Å². The summed E-state index contributed by atoms with van der Waals surface area (Å²) in [6, 6.07) is 15.5. The van der Waals surface area contributed by atoms with Crippen LogP contribution in [-0.4, -0.2) is 47.0 Å². The number of carbonyl (C=O) groups excluding carboxylic acids is 1. The number of hydroxylamine groups is 1. The summed E-state index contributed by atoms with van der Waals surface area (Å²) >= 11 is 0. The zero-order valence-corrected chi connectivity index (χ0v) is 18.9. The van der Waals surface area contributed by atoms with Crippen LogP contribution in [-0.2, 0) is 11.8 Å². The molecule has 1 atom stereocenters. The van der Waals surface area contributed by atoms with E-state index in [9.17, 15) is 10.0 Å². The molecule has 0 aliphatic heterocycles. The predicted octanol–water partition coefficient (Wildman–Crippen LogP) is 4.25. The number of aromatic nitrogens is 2. The van der Waals surface area contributed by atoms with Gasteiger partial charge in [-0.3, -0.25) is 16.1 Å². The molecule has 0 spiro atoms. The average Bonchev–Trinajstić information content (AvgIpc) is 3.21. The number of benzene rings is 2. The van der Waals surface area contributed by atoms with Crippen molar-refractivity contribution in [2.75, 3.05) is 20.2 Å². The van der Waals surface area contributed by atoms with E-state index in [0.29, 0.717) is 22.2 Å². The van der Waals surface area contributed by atoms with Crippen molar-refractivity contribution >= 4 is 23.3 Å². The first-order valence-corrected chi connectivity index (χ1v) is 10.6. The molecule has 1 heterocycles. The summed E-state index contributed by atoms with van der Waals surface area (Å²) in [6.45, 7) is 4.96. The van der Waals surface area contributed by atoms with Gasteiger partial charge in [-0.25, -0.2) is 14.0 Å². The molecule has 0 amide bonds. The molecule has 0 saturated heterocycles. The lowest BCUT2D eigenvalue weighted by molar-refractivity contribution is 0.0525. The van der Waals surface area contributed by atoms with Crippen molar-refractivity contribution in [1.29, 1.82) is 5.41 Å². The summed E-state index contributed by atoms with van der Waals surface area (Å²) in [5, 5.41) is 21.5. The molecule has 0 saturated carbocycles. The van der Waals surface area contributed by atoms with Crippen molar-refractivity contribution < 1.29 is 14.7 Å². The molecule has 0 aliphatic rings. The van der Waals surface area contributed by atoms with E-state index in [1.165, 1.54) is 0 Å². The predicted molar refractivity (Wildman–Crippen MR) is 125 cm³/mol. The van der Waals surface area contributed by atoms with E-state index in [2.05, 4.69) is 19.1 Å². The van der Waals surface area contributed by atoms with Crippen molar-refractivity contribution in [1.82, 2.24) is 19.7 Å². The monoisotopic (exact) mass is 436 g/mol. The Labute approximate surface area is 188 Å². The summed E-state index contributed by atoms with van der Waals surface area (Å²) in [5.74, 6) is 0.326. The van der Waals surface area contributed by atoms with E-state index < -0.39 is 0 Å². The molecule has 3 aromatic rings.